The van der Waals surface area contributed by atoms with Crippen LogP contribution in [0, 0.1) is 0 Å². The molecule has 0 aromatic heterocycles. The standard InChI is InChI=1S/C25H26N2O5/c1-17(22(28)26-13-7-2-3-8-14-26)32-25(31)19-11-12-20-21(15-19)24(30)27(23(20)29)16-18-9-5-4-6-10-18/h4-6,9-12,15,17H,2-3,7-8,13-14,16H2,1H3. The van der Waals surface area contributed by atoms with Gasteiger partial charge in [0.1, 0.15) is 0 Å². The van der Waals surface area contributed by atoms with Crippen LogP contribution in [-0.2, 0) is 16.1 Å². The SMILES string of the molecule is CC(OC(=O)c1ccc2c(c1)C(=O)N(Cc1ccccc1)C2=O)C(=O)N1CCCCCC1. The Labute approximate surface area is 187 Å². The fraction of sp³-hybridized carbons (Fsp3) is 0.360. The Morgan fingerprint density at radius 2 is 1.56 bits per heavy atom. The number of nitrogens with zero attached hydrogens (tertiary/aromatic N) is 2. The lowest BCUT2D eigenvalue weighted by molar-refractivity contribution is -0.139. The van der Waals surface area contributed by atoms with Crippen molar-refractivity contribution in [2.24, 2.45) is 0 Å². The number of ether oxygens (including phenoxy) is 1. The van der Waals surface area contributed by atoms with E-state index in [-0.39, 0.29) is 29.1 Å². The molecule has 3 amide bonds. The first-order chi connectivity index (χ1) is 15.5. The van der Waals surface area contributed by atoms with Gasteiger partial charge >= 0.3 is 5.97 Å². The van der Waals surface area contributed by atoms with Gasteiger partial charge in [-0.25, -0.2) is 4.79 Å². The van der Waals surface area contributed by atoms with Crippen molar-refractivity contribution in [3.05, 3.63) is 70.8 Å². The van der Waals surface area contributed by atoms with Crippen LogP contribution >= 0.6 is 0 Å². The Kier molecular flexibility index (Phi) is 6.35. The van der Waals surface area contributed by atoms with Crippen LogP contribution in [0.15, 0.2) is 48.5 Å². The van der Waals surface area contributed by atoms with Crippen molar-refractivity contribution in [3.63, 3.8) is 0 Å². The average molecular weight is 434 g/mol. The highest BCUT2D eigenvalue weighted by Crippen LogP contribution is 2.26. The number of rotatable bonds is 5. The Balaban J connectivity index is 1.45. The lowest BCUT2D eigenvalue weighted by atomic mass is 10.1. The number of fused-ring (bicyclic) bond motifs is 1. The maximum Gasteiger partial charge on any atom is 0.338 e. The number of benzene rings is 2. The predicted molar refractivity (Wildman–Crippen MR) is 117 cm³/mol. The summed E-state index contributed by atoms with van der Waals surface area (Å²) in [5.41, 5.74) is 1.41. The molecule has 2 heterocycles. The monoisotopic (exact) mass is 434 g/mol. The summed E-state index contributed by atoms with van der Waals surface area (Å²) in [7, 11) is 0. The fourth-order valence-electron chi connectivity index (χ4n) is 4.15. The van der Waals surface area contributed by atoms with Crippen LogP contribution in [0.4, 0.5) is 0 Å². The van der Waals surface area contributed by atoms with E-state index in [0.717, 1.165) is 31.2 Å². The summed E-state index contributed by atoms with van der Waals surface area (Å²) in [4.78, 5) is 53.8. The second-order valence-electron chi connectivity index (χ2n) is 8.23. The Hall–Kier alpha value is -3.48. The molecule has 0 aliphatic carbocycles. The van der Waals surface area contributed by atoms with Gasteiger partial charge in [0.25, 0.3) is 17.7 Å². The van der Waals surface area contributed by atoms with Gasteiger partial charge in [0.15, 0.2) is 6.10 Å². The zero-order valence-corrected chi connectivity index (χ0v) is 18.1. The van der Waals surface area contributed by atoms with E-state index in [0.29, 0.717) is 13.1 Å². The molecule has 166 valence electrons. The van der Waals surface area contributed by atoms with Crippen LogP contribution in [0.25, 0.3) is 0 Å². The topological polar surface area (TPSA) is 84.0 Å². The van der Waals surface area contributed by atoms with Crippen molar-refractivity contribution < 1.29 is 23.9 Å². The average Bonchev–Trinajstić information content (AvgIpc) is 3.00. The Morgan fingerprint density at radius 1 is 0.906 bits per heavy atom. The number of hydrogen-bond acceptors (Lipinski definition) is 5. The van der Waals surface area contributed by atoms with Crippen molar-refractivity contribution in [3.8, 4) is 0 Å². The summed E-state index contributed by atoms with van der Waals surface area (Å²) >= 11 is 0. The van der Waals surface area contributed by atoms with E-state index < -0.39 is 23.9 Å². The maximum atomic E-state index is 12.8. The van der Waals surface area contributed by atoms with E-state index in [1.165, 1.54) is 23.1 Å². The predicted octanol–water partition coefficient (Wildman–Crippen LogP) is 3.43. The maximum absolute atomic E-state index is 12.8. The zero-order valence-electron chi connectivity index (χ0n) is 18.1. The zero-order chi connectivity index (χ0) is 22.7. The van der Waals surface area contributed by atoms with Gasteiger partial charge in [-0.2, -0.15) is 0 Å². The van der Waals surface area contributed by atoms with Crippen LogP contribution < -0.4 is 0 Å². The first-order valence-electron chi connectivity index (χ1n) is 11.0. The minimum Gasteiger partial charge on any atom is -0.449 e. The summed E-state index contributed by atoms with van der Waals surface area (Å²) in [5.74, 6) is -1.73. The molecule has 2 aromatic carbocycles. The quantitative estimate of drug-likeness (QED) is 0.532. The fourth-order valence-corrected chi connectivity index (χ4v) is 4.15. The molecule has 4 rings (SSSR count). The van der Waals surface area contributed by atoms with Crippen LogP contribution in [0.5, 0.6) is 0 Å². The smallest absolute Gasteiger partial charge is 0.338 e. The first kappa shape index (κ1) is 21.7. The molecule has 1 atom stereocenters. The van der Waals surface area contributed by atoms with Crippen molar-refractivity contribution in [2.45, 2.75) is 45.3 Å². The van der Waals surface area contributed by atoms with Crippen LogP contribution in [0.1, 0.15) is 69.2 Å². The number of amides is 3. The molecule has 2 aromatic rings. The molecule has 1 fully saturated rings. The molecule has 0 spiro atoms. The van der Waals surface area contributed by atoms with E-state index in [1.807, 2.05) is 30.3 Å². The summed E-state index contributed by atoms with van der Waals surface area (Å²) < 4.78 is 5.40. The minimum absolute atomic E-state index is 0.141. The molecule has 0 bridgehead atoms. The third-order valence-corrected chi connectivity index (χ3v) is 5.94. The van der Waals surface area contributed by atoms with Crippen molar-refractivity contribution >= 4 is 23.7 Å². The van der Waals surface area contributed by atoms with Crippen LogP contribution in [0.3, 0.4) is 0 Å². The number of esters is 1. The lowest BCUT2D eigenvalue weighted by Crippen LogP contribution is -2.40. The van der Waals surface area contributed by atoms with Crippen LogP contribution in [0.2, 0.25) is 0 Å². The van der Waals surface area contributed by atoms with Gasteiger partial charge in [0, 0.05) is 13.1 Å². The molecule has 1 unspecified atom stereocenters. The summed E-state index contributed by atoms with van der Waals surface area (Å²) in [6, 6.07) is 13.5. The molecule has 7 nitrogen and oxygen atoms in total. The van der Waals surface area contributed by atoms with Gasteiger partial charge in [0.05, 0.1) is 23.2 Å². The van der Waals surface area contributed by atoms with Gasteiger partial charge in [-0.05, 0) is 43.5 Å². The summed E-state index contributed by atoms with van der Waals surface area (Å²) in [5, 5.41) is 0. The van der Waals surface area contributed by atoms with E-state index in [4.69, 9.17) is 4.74 Å². The Morgan fingerprint density at radius 3 is 2.25 bits per heavy atom. The normalized spacial score (nSPS) is 17.0. The third kappa shape index (κ3) is 4.42. The van der Waals surface area contributed by atoms with Gasteiger partial charge in [-0.15, -0.1) is 0 Å². The van der Waals surface area contributed by atoms with Gasteiger partial charge in [-0.1, -0.05) is 43.2 Å². The Bertz CT molecular complexity index is 1040. The molecule has 2 aliphatic heterocycles. The van der Waals surface area contributed by atoms with E-state index in [2.05, 4.69) is 0 Å². The van der Waals surface area contributed by atoms with Crippen molar-refractivity contribution in [1.29, 1.82) is 0 Å². The molecule has 7 heteroatoms. The molecule has 1 saturated heterocycles. The van der Waals surface area contributed by atoms with Crippen molar-refractivity contribution in [2.75, 3.05) is 13.1 Å². The highest BCUT2D eigenvalue weighted by Gasteiger charge is 2.36. The number of hydrogen-bond donors (Lipinski definition) is 0. The van der Waals surface area contributed by atoms with Gasteiger partial charge in [0.2, 0.25) is 0 Å². The number of carbonyl (C=O) groups excluding carboxylic acids is 4. The molecular weight excluding hydrogens is 408 g/mol. The first-order valence-corrected chi connectivity index (χ1v) is 11.0. The van der Waals surface area contributed by atoms with Crippen LogP contribution in [-0.4, -0.2) is 52.7 Å². The largest absolute Gasteiger partial charge is 0.449 e. The third-order valence-electron chi connectivity index (χ3n) is 5.94. The van der Waals surface area contributed by atoms with E-state index in [9.17, 15) is 19.2 Å². The summed E-state index contributed by atoms with van der Waals surface area (Å²) in [6.45, 7) is 3.07. The molecule has 0 N–H and O–H groups in total. The molecule has 32 heavy (non-hydrogen) atoms. The number of likely N-dealkylation sites (tertiary alicyclic amines) is 1. The van der Waals surface area contributed by atoms with E-state index >= 15 is 0 Å². The van der Waals surface area contributed by atoms with E-state index in [1.54, 1.807) is 11.8 Å². The lowest BCUT2D eigenvalue weighted by Gasteiger charge is -2.24. The number of imide groups is 1. The van der Waals surface area contributed by atoms with Crippen molar-refractivity contribution in [1.82, 2.24) is 9.80 Å². The minimum atomic E-state index is -0.916. The van der Waals surface area contributed by atoms with Gasteiger partial charge < -0.3 is 9.64 Å². The number of carbonyl (C=O) groups is 4. The highest BCUT2D eigenvalue weighted by atomic mass is 16.5. The summed E-state index contributed by atoms with van der Waals surface area (Å²) in [6.07, 6.45) is 3.18. The second-order valence-corrected chi connectivity index (χ2v) is 8.23. The molecular formula is C25H26N2O5. The molecule has 0 saturated carbocycles. The van der Waals surface area contributed by atoms with Gasteiger partial charge in [-0.3, -0.25) is 19.3 Å². The highest BCUT2D eigenvalue weighted by molar-refractivity contribution is 6.21. The molecule has 0 radical (unpaired) electrons. The second kappa shape index (κ2) is 9.34. The molecule has 2 aliphatic rings.